The van der Waals surface area contributed by atoms with Gasteiger partial charge in [-0.2, -0.15) is 0 Å². The lowest BCUT2D eigenvalue weighted by Crippen LogP contribution is -2.15. The summed E-state index contributed by atoms with van der Waals surface area (Å²) < 4.78 is 11.9. The summed E-state index contributed by atoms with van der Waals surface area (Å²) in [5, 5.41) is 0. The fraction of sp³-hybridized carbons (Fsp3) is 0.696. The lowest BCUT2D eigenvalue weighted by Gasteiger charge is -2.17. The fourth-order valence-electron chi connectivity index (χ4n) is 3.09. The van der Waals surface area contributed by atoms with Gasteiger partial charge in [-0.1, -0.05) is 93.5 Å². The molecule has 0 fully saturated rings. The molecule has 0 aliphatic rings. The van der Waals surface area contributed by atoms with Crippen LogP contribution in [0.2, 0.25) is 0 Å². The summed E-state index contributed by atoms with van der Waals surface area (Å²) in [6.07, 6.45) is 12.2. The molecule has 27 heavy (non-hydrogen) atoms. The first-order valence-electron chi connectivity index (χ1n) is 10.7. The van der Waals surface area contributed by atoms with Crippen molar-refractivity contribution in [1.29, 1.82) is 0 Å². The van der Waals surface area contributed by atoms with Crippen LogP contribution in [0.4, 0.5) is 0 Å². The molecule has 0 amide bonds. The predicted molar refractivity (Wildman–Crippen MR) is 122 cm³/mol. The van der Waals surface area contributed by atoms with Crippen molar-refractivity contribution in [3.63, 3.8) is 0 Å². The molecular formula is C23H37IO3. The van der Waals surface area contributed by atoms with Gasteiger partial charge in [0.2, 0.25) is 0 Å². The Balaban J connectivity index is 2.63. The highest BCUT2D eigenvalue weighted by Gasteiger charge is 2.18. The maximum absolute atomic E-state index is 12.3. The van der Waals surface area contributed by atoms with E-state index in [2.05, 4.69) is 42.5 Å². The summed E-state index contributed by atoms with van der Waals surface area (Å²) in [5.74, 6) is 0.445. The standard InChI is InChI=1S/C23H37IO3/c1-4-7-9-10-11-12-16-20(24)18-27-22-19(14-8-5-2)15-13-17-21(22)23(25)26-6-3/h13,15,17,20H,4-12,14,16,18H2,1-3H3. The topological polar surface area (TPSA) is 35.5 Å². The van der Waals surface area contributed by atoms with Gasteiger partial charge in [0.05, 0.1) is 13.2 Å². The maximum Gasteiger partial charge on any atom is 0.341 e. The average Bonchev–Trinajstić information content (AvgIpc) is 2.67. The lowest BCUT2D eigenvalue weighted by molar-refractivity contribution is 0.0521. The van der Waals surface area contributed by atoms with Crippen molar-refractivity contribution >= 4 is 28.6 Å². The number of carbonyl (C=O) groups excluding carboxylic acids is 1. The molecule has 1 aromatic rings. The molecule has 0 radical (unpaired) electrons. The van der Waals surface area contributed by atoms with Crippen LogP contribution in [0.5, 0.6) is 5.75 Å². The zero-order valence-corrected chi connectivity index (χ0v) is 19.6. The van der Waals surface area contributed by atoms with Crippen molar-refractivity contribution in [2.75, 3.05) is 13.2 Å². The first-order chi connectivity index (χ1) is 13.1. The Labute approximate surface area is 179 Å². The zero-order valence-electron chi connectivity index (χ0n) is 17.4. The Kier molecular flexibility index (Phi) is 13.6. The van der Waals surface area contributed by atoms with Gasteiger partial charge in [0.1, 0.15) is 11.3 Å². The molecule has 0 aliphatic carbocycles. The van der Waals surface area contributed by atoms with E-state index in [1.54, 1.807) is 0 Å². The van der Waals surface area contributed by atoms with Crippen LogP contribution >= 0.6 is 22.6 Å². The van der Waals surface area contributed by atoms with Gasteiger partial charge in [-0.25, -0.2) is 4.79 Å². The van der Waals surface area contributed by atoms with Crippen LogP contribution in [0.15, 0.2) is 18.2 Å². The van der Waals surface area contributed by atoms with E-state index in [0.717, 1.165) is 30.6 Å². The smallest absolute Gasteiger partial charge is 0.341 e. The van der Waals surface area contributed by atoms with Crippen molar-refractivity contribution in [1.82, 2.24) is 0 Å². The summed E-state index contributed by atoms with van der Waals surface area (Å²) >= 11 is 2.48. The van der Waals surface area contributed by atoms with Crippen molar-refractivity contribution < 1.29 is 14.3 Å². The van der Waals surface area contributed by atoms with E-state index in [4.69, 9.17) is 9.47 Å². The molecule has 1 aromatic carbocycles. The number of para-hydroxylation sites is 1. The van der Waals surface area contributed by atoms with Gasteiger partial charge in [-0.15, -0.1) is 0 Å². The van der Waals surface area contributed by atoms with Crippen molar-refractivity contribution in [2.45, 2.75) is 88.9 Å². The molecule has 1 rings (SSSR count). The molecule has 0 aliphatic heterocycles. The van der Waals surface area contributed by atoms with Crippen LogP contribution in [-0.4, -0.2) is 23.1 Å². The van der Waals surface area contributed by atoms with Crippen molar-refractivity contribution in [2.24, 2.45) is 0 Å². The molecule has 0 N–H and O–H groups in total. The van der Waals surface area contributed by atoms with Gasteiger partial charge in [0, 0.05) is 3.92 Å². The molecule has 1 unspecified atom stereocenters. The summed E-state index contributed by atoms with van der Waals surface area (Å²) in [6, 6.07) is 5.82. The Bertz CT molecular complexity index is 530. The Morgan fingerprint density at radius 2 is 1.70 bits per heavy atom. The summed E-state index contributed by atoms with van der Waals surface area (Å²) in [4.78, 5) is 12.3. The first-order valence-corrected chi connectivity index (χ1v) is 11.9. The van der Waals surface area contributed by atoms with Gasteiger partial charge in [0.25, 0.3) is 0 Å². The minimum absolute atomic E-state index is 0.285. The van der Waals surface area contributed by atoms with Crippen LogP contribution in [-0.2, 0) is 11.2 Å². The third kappa shape index (κ3) is 9.82. The molecule has 0 aromatic heterocycles. The molecule has 0 saturated carbocycles. The SMILES string of the molecule is CCCCCCCCC(I)COc1c(CCCC)cccc1C(=O)OCC. The number of esters is 1. The van der Waals surface area contributed by atoms with E-state index >= 15 is 0 Å². The second-order valence-corrected chi connectivity index (χ2v) is 8.84. The summed E-state index contributed by atoms with van der Waals surface area (Å²) in [6.45, 7) is 7.29. The number of ether oxygens (including phenoxy) is 2. The fourth-order valence-corrected chi connectivity index (χ4v) is 3.71. The molecule has 0 bridgehead atoms. The zero-order chi connectivity index (χ0) is 19.9. The largest absolute Gasteiger partial charge is 0.491 e. The second kappa shape index (κ2) is 15.2. The number of hydrogen-bond donors (Lipinski definition) is 0. The summed E-state index contributed by atoms with van der Waals surface area (Å²) in [7, 11) is 0. The van der Waals surface area contributed by atoms with Gasteiger partial charge < -0.3 is 9.47 Å². The van der Waals surface area contributed by atoms with Crippen LogP contribution in [0.25, 0.3) is 0 Å². The van der Waals surface area contributed by atoms with E-state index < -0.39 is 0 Å². The number of rotatable bonds is 15. The van der Waals surface area contributed by atoms with Crippen LogP contribution in [0, 0.1) is 0 Å². The molecule has 154 valence electrons. The minimum Gasteiger partial charge on any atom is -0.491 e. The highest BCUT2D eigenvalue weighted by molar-refractivity contribution is 14.1. The predicted octanol–water partition coefficient (Wildman–Crippen LogP) is 7.14. The Hall–Kier alpha value is -0.780. The monoisotopic (exact) mass is 488 g/mol. The Morgan fingerprint density at radius 1 is 1.00 bits per heavy atom. The van der Waals surface area contributed by atoms with E-state index in [1.165, 1.54) is 44.9 Å². The maximum atomic E-state index is 12.3. The number of carbonyl (C=O) groups is 1. The number of hydrogen-bond acceptors (Lipinski definition) is 3. The molecule has 3 nitrogen and oxygen atoms in total. The summed E-state index contributed by atoms with van der Waals surface area (Å²) in [5.41, 5.74) is 1.68. The van der Waals surface area contributed by atoms with Crippen molar-refractivity contribution in [3.8, 4) is 5.75 Å². The Morgan fingerprint density at radius 3 is 2.41 bits per heavy atom. The molecule has 1 atom stereocenters. The van der Waals surface area contributed by atoms with Gasteiger partial charge in [-0.3, -0.25) is 0 Å². The number of unbranched alkanes of at least 4 members (excludes halogenated alkanes) is 6. The molecular weight excluding hydrogens is 451 g/mol. The highest BCUT2D eigenvalue weighted by atomic mass is 127. The minimum atomic E-state index is -0.285. The second-order valence-electron chi connectivity index (χ2n) is 7.08. The lowest BCUT2D eigenvalue weighted by atomic mass is 10.0. The molecule has 4 heteroatoms. The van der Waals surface area contributed by atoms with Gasteiger partial charge in [-0.05, 0) is 37.8 Å². The number of alkyl halides is 1. The third-order valence-corrected chi connectivity index (χ3v) is 5.65. The molecule has 0 saturated heterocycles. The van der Waals surface area contributed by atoms with E-state index in [1.807, 2.05) is 19.1 Å². The first kappa shape index (κ1) is 24.3. The molecule has 0 spiro atoms. The normalized spacial score (nSPS) is 12.0. The highest BCUT2D eigenvalue weighted by Crippen LogP contribution is 2.28. The van der Waals surface area contributed by atoms with Crippen LogP contribution in [0.1, 0.15) is 94.5 Å². The average molecular weight is 488 g/mol. The number of aryl methyl sites for hydroxylation is 1. The van der Waals surface area contributed by atoms with Crippen LogP contribution in [0.3, 0.4) is 0 Å². The van der Waals surface area contributed by atoms with E-state index in [-0.39, 0.29) is 5.97 Å². The third-order valence-electron chi connectivity index (χ3n) is 4.67. The van der Waals surface area contributed by atoms with E-state index in [0.29, 0.717) is 22.7 Å². The molecule has 0 heterocycles. The number of benzene rings is 1. The van der Waals surface area contributed by atoms with Gasteiger partial charge >= 0.3 is 5.97 Å². The quantitative estimate of drug-likeness (QED) is 0.114. The number of halogens is 1. The van der Waals surface area contributed by atoms with Crippen LogP contribution < -0.4 is 4.74 Å². The van der Waals surface area contributed by atoms with E-state index in [9.17, 15) is 4.79 Å². The van der Waals surface area contributed by atoms with Crippen molar-refractivity contribution in [3.05, 3.63) is 29.3 Å². The van der Waals surface area contributed by atoms with Gasteiger partial charge in [0.15, 0.2) is 0 Å².